The largest absolute Gasteiger partial charge is 0.493 e. The van der Waals surface area contributed by atoms with E-state index in [1.54, 1.807) is 19.9 Å². The number of ether oxygens (including phenoxy) is 2. The molecule has 0 fully saturated rings. The summed E-state index contributed by atoms with van der Waals surface area (Å²) in [6.45, 7) is 3.58. The summed E-state index contributed by atoms with van der Waals surface area (Å²) in [5.74, 6) is -0.602. The second-order valence-electron chi connectivity index (χ2n) is 7.39. The second kappa shape index (κ2) is 9.81. The van der Waals surface area contributed by atoms with Gasteiger partial charge in [0.2, 0.25) is 0 Å². The van der Waals surface area contributed by atoms with Crippen molar-refractivity contribution in [2.24, 2.45) is 0 Å². The SMILES string of the molecule is COc1ccc(C(=O)NNC(=O)c2cnn(-c3ccc(C(F)(F)F)cn3)c2C(C)C)cc1OC. The van der Waals surface area contributed by atoms with Crippen molar-refractivity contribution in [3.8, 4) is 17.3 Å². The predicted octanol–water partition coefficient (Wildman–Crippen LogP) is 3.50. The Labute approximate surface area is 192 Å². The number of methoxy groups -OCH3 is 2. The number of hydrogen-bond acceptors (Lipinski definition) is 6. The van der Waals surface area contributed by atoms with Crippen LogP contribution in [0.2, 0.25) is 0 Å². The summed E-state index contributed by atoms with van der Waals surface area (Å²) in [5, 5.41) is 4.12. The lowest BCUT2D eigenvalue weighted by molar-refractivity contribution is -0.137. The van der Waals surface area contributed by atoms with Crippen LogP contribution in [0, 0.1) is 0 Å². The van der Waals surface area contributed by atoms with E-state index in [4.69, 9.17) is 9.47 Å². The van der Waals surface area contributed by atoms with Gasteiger partial charge in [0, 0.05) is 11.8 Å². The number of hydrazine groups is 1. The molecule has 1 aromatic carbocycles. The number of pyridine rings is 1. The van der Waals surface area contributed by atoms with E-state index in [0.29, 0.717) is 23.4 Å². The highest BCUT2D eigenvalue weighted by molar-refractivity contribution is 6.00. The average molecular weight is 477 g/mol. The van der Waals surface area contributed by atoms with E-state index in [0.717, 1.165) is 6.07 Å². The maximum absolute atomic E-state index is 12.8. The van der Waals surface area contributed by atoms with E-state index < -0.39 is 23.6 Å². The smallest absolute Gasteiger partial charge is 0.417 e. The number of amides is 2. The Bertz CT molecular complexity index is 1190. The van der Waals surface area contributed by atoms with Crippen molar-refractivity contribution >= 4 is 11.8 Å². The normalized spacial score (nSPS) is 11.3. The van der Waals surface area contributed by atoms with Gasteiger partial charge in [-0.05, 0) is 36.2 Å². The Morgan fingerprint density at radius 3 is 2.21 bits per heavy atom. The van der Waals surface area contributed by atoms with Crippen LogP contribution in [0.1, 0.15) is 51.7 Å². The summed E-state index contributed by atoms with van der Waals surface area (Å²) in [6.07, 6.45) is -2.57. The molecule has 0 aliphatic heterocycles. The number of benzene rings is 1. The van der Waals surface area contributed by atoms with Gasteiger partial charge in [-0.15, -0.1) is 0 Å². The zero-order valence-corrected chi connectivity index (χ0v) is 18.7. The Balaban J connectivity index is 1.79. The van der Waals surface area contributed by atoms with E-state index >= 15 is 0 Å². The number of carbonyl (C=O) groups excluding carboxylic acids is 2. The van der Waals surface area contributed by atoms with Crippen molar-refractivity contribution in [2.45, 2.75) is 25.9 Å². The lowest BCUT2D eigenvalue weighted by atomic mass is 10.1. The molecule has 0 aliphatic carbocycles. The van der Waals surface area contributed by atoms with Crippen LogP contribution in [0.15, 0.2) is 42.7 Å². The average Bonchev–Trinajstić information content (AvgIpc) is 3.27. The molecule has 9 nitrogen and oxygen atoms in total. The molecule has 2 N–H and O–H groups in total. The molecule has 3 aromatic rings. The fraction of sp³-hybridized carbons (Fsp3) is 0.273. The first kappa shape index (κ1) is 24.6. The molecule has 34 heavy (non-hydrogen) atoms. The van der Waals surface area contributed by atoms with Gasteiger partial charge in [0.05, 0.1) is 37.2 Å². The van der Waals surface area contributed by atoms with E-state index in [-0.39, 0.29) is 22.9 Å². The number of aromatic nitrogens is 3. The van der Waals surface area contributed by atoms with Gasteiger partial charge in [0.1, 0.15) is 0 Å². The molecule has 0 bridgehead atoms. The second-order valence-corrected chi connectivity index (χ2v) is 7.39. The van der Waals surface area contributed by atoms with Crippen molar-refractivity contribution < 1.29 is 32.2 Å². The minimum atomic E-state index is -4.52. The molecule has 180 valence electrons. The molecular formula is C22H22F3N5O4. The zero-order chi connectivity index (χ0) is 25.0. The minimum absolute atomic E-state index is 0.116. The monoisotopic (exact) mass is 477 g/mol. The van der Waals surface area contributed by atoms with Crippen LogP contribution < -0.4 is 20.3 Å². The molecule has 0 unspecified atom stereocenters. The lowest BCUT2D eigenvalue weighted by Crippen LogP contribution is -2.42. The van der Waals surface area contributed by atoms with Crippen LogP contribution in [0.3, 0.4) is 0 Å². The first-order valence-electron chi connectivity index (χ1n) is 10.0. The highest BCUT2D eigenvalue weighted by atomic mass is 19.4. The highest BCUT2D eigenvalue weighted by Gasteiger charge is 2.31. The van der Waals surface area contributed by atoms with Gasteiger partial charge in [0.15, 0.2) is 17.3 Å². The van der Waals surface area contributed by atoms with Gasteiger partial charge in [-0.25, -0.2) is 9.67 Å². The Morgan fingerprint density at radius 2 is 1.65 bits per heavy atom. The zero-order valence-electron chi connectivity index (χ0n) is 18.7. The van der Waals surface area contributed by atoms with Gasteiger partial charge in [-0.2, -0.15) is 18.3 Å². The minimum Gasteiger partial charge on any atom is -0.493 e. The number of hydrogen-bond donors (Lipinski definition) is 2. The lowest BCUT2D eigenvalue weighted by Gasteiger charge is -2.14. The van der Waals surface area contributed by atoms with E-state index in [9.17, 15) is 22.8 Å². The Morgan fingerprint density at radius 1 is 0.971 bits per heavy atom. The number of rotatable bonds is 6. The molecular weight excluding hydrogens is 455 g/mol. The van der Waals surface area contributed by atoms with Crippen LogP contribution in [-0.4, -0.2) is 40.8 Å². The first-order valence-corrected chi connectivity index (χ1v) is 10.0. The standard InChI is InChI=1S/C22H22F3N5O4/c1-12(2)19-15(11-27-30(19)18-8-6-14(10-26-18)22(23,24)25)21(32)29-28-20(31)13-5-7-16(33-3)17(9-13)34-4/h5-12H,1-4H3,(H,28,31)(H,29,32). The predicted molar refractivity (Wildman–Crippen MR) is 115 cm³/mol. The van der Waals surface area contributed by atoms with Gasteiger partial charge in [0.25, 0.3) is 11.8 Å². The number of halogens is 3. The molecule has 0 atom stereocenters. The fourth-order valence-corrected chi connectivity index (χ4v) is 3.18. The van der Waals surface area contributed by atoms with Crippen molar-refractivity contribution in [2.75, 3.05) is 14.2 Å². The van der Waals surface area contributed by atoms with Crippen LogP contribution in [-0.2, 0) is 6.18 Å². The highest BCUT2D eigenvalue weighted by Crippen LogP contribution is 2.30. The quantitative estimate of drug-likeness (QED) is 0.527. The van der Waals surface area contributed by atoms with E-state index in [1.807, 2.05) is 0 Å². The summed E-state index contributed by atoms with van der Waals surface area (Å²) >= 11 is 0. The van der Waals surface area contributed by atoms with Crippen molar-refractivity contribution in [1.82, 2.24) is 25.6 Å². The maximum Gasteiger partial charge on any atom is 0.417 e. The summed E-state index contributed by atoms with van der Waals surface area (Å²) < 4.78 is 50.1. The molecule has 12 heteroatoms. The molecule has 2 amide bonds. The molecule has 2 aromatic heterocycles. The van der Waals surface area contributed by atoms with E-state index in [2.05, 4.69) is 20.9 Å². The number of nitrogens with zero attached hydrogens (tertiary/aromatic N) is 3. The summed E-state index contributed by atoms with van der Waals surface area (Å²) in [6, 6.07) is 6.55. The van der Waals surface area contributed by atoms with E-state index in [1.165, 1.54) is 43.3 Å². The summed E-state index contributed by atoms with van der Waals surface area (Å²) in [5.41, 5.74) is 4.49. The summed E-state index contributed by atoms with van der Waals surface area (Å²) in [4.78, 5) is 29.1. The maximum atomic E-state index is 12.8. The topological polar surface area (TPSA) is 107 Å². The Hall–Kier alpha value is -4.09. The van der Waals surface area contributed by atoms with Crippen LogP contribution >= 0.6 is 0 Å². The number of alkyl halides is 3. The molecule has 0 aliphatic rings. The van der Waals surface area contributed by atoms with Crippen LogP contribution in [0.4, 0.5) is 13.2 Å². The first-order chi connectivity index (χ1) is 16.1. The van der Waals surface area contributed by atoms with Gasteiger partial charge < -0.3 is 9.47 Å². The molecule has 0 saturated carbocycles. The third-order valence-corrected chi connectivity index (χ3v) is 4.83. The van der Waals surface area contributed by atoms with Crippen LogP contribution in [0.25, 0.3) is 5.82 Å². The third kappa shape index (κ3) is 5.11. The van der Waals surface area contributed by atoms with Gasteiger partial charge in [-0.3, -0.25) is 20.4 Å². The van der Waals surface area contributed by atoms with Gasteiger partial charge in [-0.1, -0.05) is 13.8 Å². The van der Waals surface area contributed by atoms with Gasteiger partial charge >= 0.3 is 6.18 Å². The molecule has 0 saturated heterocycles. The van der Waals surface area contributed by atoms with Crippen molar-refractivity contribution in [3.63, 3.8) is 0 Å². The van der Waals surface area contributed by atoms with Crippen LogP contribution in [0.5, 0.6) is 11.5 Å². The van der Waals surface area contributed by atoms with Crippen molar-refractivity contribution in [1.29, 1.82) is 0 Å². The summed E-state index contributed by atoms with van der Waals surface area (Å²) in [7, 11) is 2.89. The fourth-order valence-electron chi connectivity index (χ4n) is 3.18. The molecule has 3 rings (SSSR count). The third-order valence-electron chi connectivity index (χ3n) is 4.83. The molecule has 0 spiro atoms. The molecule has 0 radical (unpaired) electrons. The number of carbonyl (C=O) groups is 2. The molecule has 2 heterocycles. The number of nitrogens with one attached hydrogen (secondary N) is 2. The van der Waals surface area contributed by atoms with Crippen molar-refractivity contribution in [3.05, 3.63) is 65.1 Å². The Kier molecular flexibility index (Phi) is 7.08.